The SMILES string of the molecule is c1ccc(-c2ccc(-c3ccc(C(c4ccc(-c5cccc6c5oc5ccccc56)cc4)c4ccc(-c5ccccc5)c5ccccc45)cc3)cc2)cc1. The van der Waals surface area contributed by atoms with Crippen LogP contribution in [0.4, 0.5) is 0 Å². The summed E-state index contributed by atoms with van der Waals surface area (Å²) in [6.07, 6.45) is 0. The topological polar surface area (TPSA) is 13.1 Å². The minimum atomic E-state index is 0.0188. The quantitative estimate of drug-likeness (QED) is 0.152. The molecule has 0 aliphatic rings. The molecule has 1 unspecified atom stereocenters. The highest BCUT2D eigenvalue weighted by molar-refractivity contribution is 6.09. The summed E-state index contributed by atoms with van der Waals surface area (Å²) in [6.45, 7) is 0. The van der Waals surface area contributed by atoms with Gasteiger partial charge in [0.15, 0.2) is 0 Å². The van der Waals surface area contributed by atoms with E-state index in [2.05, 4.69) is 200 Å². The molecule has 254 valence electrons. The molecule has 0 saturated carbocycles. The molecule has 0 N–H and O–H groups in total. The molecule has 0 aliphatic carbocycles. The average molecular weight is 689 g/mol. The molecule has 0 bridgehead atoms. The number of hydrogen-bond donors (Lipinski definition) is 0. The van der Waals surface area contributed by atoms with Gasteiger partial charge in [-0.25, -0.2) is 0 Å². The standard InChI is InChI=1S/C53H36O/c1-3-12-36(13-4-1)37-22-24-38(25-23-37)39-26-30-42(31-27-39)52(49-35-34-44(40-14-5-2-6-15-40)46-16-7-8-17-47(46)49)43-32-28-41(29-33-43)45-19-11-20-50-48-18-9-10-21-51(48)54-53(45)50/h1-35,52H. The summed E-state index contributed by atoms with van der Waals surface area (Å²) in [7, 11) is 0. The highest BCUT2D eigenvalue weighted by atomic mass is 16.3. The molecule has 0 fully saturated rings. The predicted octanol–water partition coefficient (Wildman–Crippen LogP) is 14.6. The predicted molar refractivity (Wildman–Crippen MR) is 227 cm³/mol. The number of rotatable bonds is 7. The van der Waals surface area contributed by atoms with Crippen LogP contribution < -0.4 is 0 Å². The van der Waals surface area contributed by atoms with E-state index in [4.69, 9.17) is 4.42 Å². The van der Waals surface area contributed by atoms with Gasteiger partial charge in [-0.3, -0.25) is 0 Å². The number of hydrogen-bond acceptors (Lipinski definition) is 1. The fourth-order valence-electron chi connectivity index (χ4n) is 8.18. The second-order valence-electron chi connectivity index (χ2n) is 14.0. The van der Waals surface area contributed by atoms with Gasteiger partial charge in [-0.1, -0.05) is 206 Å². The van der Waals surface area contributed by atoms with Gasteiger partial charge in [-0.2, -0.15) is 0 Å². The third kappa shape index (κ3) is 5.68. The maximum Gasteiger partial charge on any atom is 0.143 e. The van der Waals surface area contributed by atoms with Crippen LogP contribution in [0.2, 0.25) is 0 Å². The van der Waals surface area contributed by atoms with Crippen molar-refractivity contribution < 1.29 is 4.42 Å². The molecule has 10 rings (SSSR count). The van der Waals surface area contributed by atoms with Crippen LogP contribution in [0.3, 0.4) is 0 Å². The Labute approximate surface area is 315 Å². The third-order valence-corrected chi connectivity index (χ3v) is 10.9. The second-order valence-corrected chi connectivity index (χ2v) is 14.0. The molecule has 0 spiro atoms. The lowest BCUT2D eigenvalue weighted by Gasteiger charge is -2.23. The first-order valence-electron chi connectivity index (χ1n) is 18.6. The van der Waals surface area contributed by atoms with Crippen molar-refractivity contribution in [3.8, 4) is 44.5 Å². The lowest BCUT2D eigenvalue weighted by Crippen LogP contribution is -2.05. The van der Waals surface area contributed by atoms with Gasteiger partial charge in [0.05, 0.1) is 0 Å². The monoisotopic (exact) mass is 688 g/mol. The van der Waals surface area contributed by atoms with Crippen molar-refractivity contribution in [3.05, 3.63) is 229 Å². The zero-order valence-electron chi connectivity index (χ0n) is 29.7. The minimum Gasteiger partial charge on any atom is -0.455 e. The molecule has 1 heterocycles. The zero-order chi connectivity index (χ0) is 35.8. The number of para-hydroxylation sites is 2. The molecular weight excluding hydrogens is 653 g/mol. The lowest BCUT2D eigenvalue weighted by atomic mass is 9.80. The first-order chi connectivity index (χ1) is 26.8. The van der Waals surface area contributed by atoms with Gasteiger partial charge in [-0.05, 0) is 72.5 Å². The van der Waals surface area contributed by atoms with E-state index in [1.807, 2.05) is 12.1 Å². The summed E-state index contributed by atoms with van der Waals surface area (Å²) in [4.78, 5) is 0. The summed E-state index contributed by atoms with van der Waals surface area (Å²) in [5.41, 5.74) is 15.2. The molecule has 1 heteroatoms. The van der Waals surface area contributed by atoms with Gasteiger partial charge >= 0.3 is 0 Å². The Hall–Kier alpha value is -6.96. The van der Waals surface area contributed by atoms with Crippen LogP contribution in [0.25, 0.3) is 77.2 Å². The molecule has 0 saturated heterocycles. The van der Waals surface area contributed by atoms with Crippen molar-refractivity contribution in [1.29, 1.82) is 0 Å². The number of furan rings is 1. The van der Waals surface area contributed by atoms with Crippen LogP contribution in [-0.4, -0.2) is 0 Å². The molecule has 0 amide bonds. The normalized spacial score (nSPS) is 12.0. The highest BCUT2D eigenvalue weighted by Gasteiger charge is 2.21. The van der Waals surface area contributed by atoms with Gasteiger partial charge in [0, 0.05) is 22.3 Å². The highest BCUT2D eigenvalue weighted by Crippen LogP contribution is 2.42. The van der Waals surface area contributed by atoms with Gasteiger partial charge in [0.25, 0.3) is 0 Å². The van der Waals surface area contributed by atoms with E-state index >= 15 is 0 Å². The fourth-order valence-corrected chi connectivity index (χ4v) is 8.18. The smallest absolute Gasteiger partial charge is 0.143 e. The van der Waals surface area contributed by atoms with E-state index in [-0.39, 0.29) is 5.92 Å². The first kappa shape index (κ1) is 31.7. The van der Waals surface area contributed by atoms with Crippen molar-refractivity contribution in [1.82, 2.24) is 0 Å². The Morgan fingerprint density at radius 3 is 1.39 bits per heavy atom. The van der Waals surface area contributed by atoms with Crippen LogP contribution in [0.1, 0.15) is 22.6 Å². The van der Waals surface area contributed by atoms with Crippen molar-refractivity contribution in [2.75, 3.05) is 0 Å². The second kappa shape index (κ2) is 13.5. The van der Waals surface area contributed by atoms with Gasteiger partial charge < -0.3 is 4.42 Å². The Bertz CT molecular complexity index is 2880. The van der Waals surface area contributed by atoms with E-state index in [1.54, 1.807) is 0 Å². The average Bonchev–Trinajstić information content (AvgIpc) is 3.64. The Morgan fingerprint density at radius 2 is 0.741 bits per heavy atom. The number of fused-ring (bicyclic) bond motifs is 4. The van der Waals surface area contributed by atoms with E-state index in [0.29, 0.717) is 0 Å². The Morgan fingerprint density at radius 1 is 0.278 bits per heavy atom. The Kier molecular flexibility index (Phi) is 7.96. The van der Waals surface area contributed by atoms with E-state index in [9.17, 15) is 0 Å². The molecule has 54 heavy (non-hydrogen) atoms. The van der Waals surface area contributed by atoms with Gasteiger partial charge in [0.1, 0.15) is 11.2 Å². The van der Waals surface area contributed by atoms with Crippen molar-refractivity contribution in [2.24, 2.45) is 0 Å². The van der Waals surface area contributed by atoms with Crippen molar-refractivity contribution in [2.45, 2.75) is 5.92 Å². The summed E-state index contributed by atoms with van der Waals surface area (Å²) < 4.78 is 6.43. The molecular formula is C53H36O. The lowest BCUT2D eigenvalue weighted by molar-refractivity contribution is 0.670. The molecule has 1 aromatic heterocycles. The van der Waals surface area contributed by atoms with Gasteiger partial charge in [0.2, 0.25) is 0 Å². The van der Waals surface area contributed by atoms with Crippen LogP contribution in [0.15, 0.2) is 217 Å². The molecule has 10 aromatic rings. The molecule has 1 nitrogen and oxygen atoms in total. The summed E-state index contributed by atoms with van der Waals surface area (Å²) in [5, 5.41) is 4.81. The summed E-state index contributed by atoms with van der Waals surface area (Å²) in [5.74, 6) is 0.0188. The fraction of sp³-hybridized carbons (Fsp3) is 0.0189. The maximum atomic E-state index is 6.43. The minimum absolute atomic E-state index is 0.0188. The first-order valence-corrected chi connectivity index (χ1v) is 18.6. The maximum absolute atomic E-state index is 6.43. The third-order valence-electron chi connectivity index (χ3n) is 10.9. The summed E-state index contributed by atoms with van der Waals surface area (Å²) >= 11 is 0. The molecule has 1 atom stereocenters. The Balaban J connectivity index is 1.08. The van der Waals surface area contributed by atoms with E-state index in [0.717, 1.165) is 33.1 Å². The summed E-state index contributed by atoms with van der Waals surface area (Å²) in [6, 6.07) is 76.7. The largest absolute Gasteiger partial charge is 0.455 e. The van der Waals surface area contributed by atoms with Crippen LogP contribution in [0, 0.1) is 0 Å². The van der Waals surface area contributed by atoms with Crippen LogP contribution in [0.5, 0.6) is 0 Å². The van der Waals surface area contributed by atoms with Gasteiger partial charge in [-0.15, -0.1) is 0 Å². The zero-order valence-corrected chi connectivity index (χ0v) is 29.7. The van der Waals surface area contributed by atoms with E-state index < -0.39 is 0 Å². The molecule has 0 radical (unpaired) electrons. The van der Waals surface area contributed by atoms with Crippen LogP contribution in [-0.2, 0) is 0 Å². The van der Waals surface area contributed by atoms with Crippen molar-refractivity contribution in [3.63, 3.8) is 0 Å². The molecule has 0 aliphatic heterocycles. The van der Waals surface area contributed by atoms with Crippen LogP contribution >= 0.6 is 0 Å². The number of benzene rings is 9. The molecule has 9 aromatic carbocycles. The van der Waals surface area contributed by atoms with Crippen molar-refractivity contribution >= 4 is 32.7 Å². The van der Waals surface area contributed by atoms with E-state index in [1.165, 1.54) is 60.8 Å².